The van der Waals surface area contributed by atoms with E-state index in [1.807, 2.05) is 0 Å². The molecule has 0 fully saturated rings. The zero-order valence-corrected chi connectivity index (χ0v) is 3.98. The molecule has 5 nitrogen and oxygen atoms in total. The lowest BCUT2D eigenvalue weighted by Gasteiger charge is -1.85. The van der Waals surface area contributed by atoms with Crippen LogP contribution >= 0.6 is 0 Å². The first-order valence-corrected chi connectivity index (χ1v) is 1.95. The third-order valence-electron chi connectivity index (χ3n) is 0.645. The van der Waals surface area contributed by atoms with Gasteiger partial charge in [0.15, 0.2) is 0 Å². The molecule has 0 aliphatic carbocycles. The van der Waals surface area contributed by atoms with Gasteiger partial charge in [-0.05, 0) is 0 Å². The van der Waals surface area contributed by atoms with Crippen LogP contribution in [0.4, 0.5) is 4.79 Å². The summed E-state index contributed by atoms with van der Waals surface area (Å²) in [6.07, 6.45) is 2.48. The molecule has 0 atom stereocenters. The van der Waals surface area contributed by atoms with Gasteiger partial charge in [-0.25, -0.2) is 9.78 Å². The average Bonchev–Trinajstić information content (AvgIpc) is 2.12. The number of hydrogen-bond donors (Lipinski definition) is 1. The molecule has 0 spiro atoms. The molecular formula is C3H4N4O. The number of primary amides is 1. The van der Waals surface area contributed by atoms with Gasteiger partial charge in [0.25, 0.3) is 0 Å². The summed E-state index contributed by atoms with van der Waals surface area (Å²) in [7, 11) is 0. The number of carbonyl (C=O) groups excluding carboxylic acids is 1. The first-order chi connectivity index (χ1) is 3.80. The molecule has 0 aliphatic rings. The second kappa shape index (κ2) is 1.61. The molecular weight excluding hydrogens is 108 g/mol. The van der Waals surface area contributed by atoms with Crippen LogP contribution in [-0.2, 0) is 0 Å². The van der Waals surface area contributed by atoms with Crippen molar-refractivity contribution in [1.29, 1.82) is 0 Å². The van der Waals surface area contributed by atoms with Crippen molar-refractivity contribution in [2.45, 2.75) is 0 Å². The van der Waals surface area contributed by atoms with E-state index in [0.29, 0.717) is 0 Å². The first-order valence-electron chi connectivity index (χ1n) is 1.95. The van der Waals surface area contributed by atoms with Crippen LogP contribution in [0.25, 0.3) is 0 Å². The van der Waals surface area contributed by atoms with Gasteiger partial charge in [0.1, 0.15) is 12.7 Å². The van der Waals surface area contributed by atoms with Crippen molar-refractivity contribution < 1.29 is 4.79 Å². The van der Waals surface area contributed by atoms with Crippen molar-refractivity contribution >= 4 is 6.03 Å². The van der Waals surface area contributed by atoms with Gasteiger partial charge in [-0.2, -0.15) is 9.78 Å². The number of hydrogen-bond acceptors (Lipinski definition) is 3. The van der Waals surface area contributed by atoms with E-state index < -0.39 is 6.03 Å². The molecule has 0 unspecified atom stereocenters. The molecule has 1 rings (SSSR count). The Morgan fingerprint density at radius 2 is 2.50 bits per heavy atom. The fraction of sp³-hybridized carbons (Fsp3) is 0. The predicted octanol–water partition coefficient (Wildman–Crippen LogP) is -0.795. The van der Waals surface area contributed by atoms with Crippen LogP contribution in [0.2, 0.25) is 0 Å². The zero-order valence-electron chi connectivity index (χ0n) is 3.98. The van der Waals surface area contributed by atoms with Gasteiger partial charge < -0.3 is 5.73 Å². The monoisotopic (exact) mass is 112 g/mol. The molecule has 8 heavy (non-hydrogen) atoms. The van der Waals surface area contributed by atoms with Crippen molar-refractivity contribution in [3.63, 3.8) is 0 Å². The van der Waals surface area contributed by atoms with Crippen molar-refractivity contribution in [3.05, 3.63) is 12.7 Å². The Morgan fingerprint density at radius 1 is 1.75 bits per heavy atom. The summed E-state index contributed by atoms with van der Waals surface area (Å²) in [5.74, 6) is 0. The second-order valence-corrected chi connectivity index (χ2v) is 1.18. The fourth-order valence-electron chi connectivity index (χ4n) is 0.322. The normalized spacial score (nSPS) is 9.00. The summed E-state index contributed by atoms with van der Waals surface area (Å²) in [5.41, 5.74) is 4.78. The molecule has 0 aliphatic heterocycles. The number of aromatic nitrogens is 3. The van der Waals surface area contributed by atoms with Gasteiger partial charge in [0, 0.05) is 0 Å². The van der Waals surface area contributed by atoms with E-state index in [9.17, 15) is 4.79 Å². The highest BCUT2D eigenvalue weighted by Crippen LogP contribution is 1.72. The van der Waals surface area contributed by atoms with Gasteiger partial charge in [-0.1, -0.05) is 0 Å². The fourth-order valence-corrected chi connectivity index (χ4v) is 0.322. The average molecular weight is 112 g/mol. The summed E-state index contributed by atoms with van der Waals surface area (Å²) in [6.45, 7) is 0. The summed E-state index contributed by atoms with van der Waals surface area (Å²) >= 11 is 0. The van der Waals surface area contributed by atoms with Crippen molar-refractivity contribution in [1.82, 2.24) is 14.8 Å². The van der Waals surface area contributed by atoms with Crippen molar-refractivity contribution in [2.75, 3.05) is 0 Å². The Balaban J connectivity index is 2.93. The van der Waals surface area contributed by atoms with Crippen molar-refractivity contribution in [3.8, 4) is 0 Å². The number of carbonyl (C=O) groups is 1. The van der Waals surface area contributed by atoms with E-state index in [2.05, 4.69) is 10.1 Å². The Morgan fingerprint density at radius 3 is 2.75 bits per heavy atom. The molecule has 0 saturated heterocycles. The minimum absolute atomic E-state index is 0.623. The summed E-state index contributed by atoms with van der Waals surface area (Å²) in [4.78, 5) is 13.6. The highest BCUT2D eigenvalue weighted by molar-refractivity contribution is 5.72. The van der Waals surface area contributed by atoms with Crippen LogP contribution < -0.4 is 5.73 Å². The number of rotatable bonds is 0. The number of nitrogens with zero attached hydrogens (tertiary/aromatic N) is 3. The maximum absolute atomic E-state index is 10.1. The Labute approximate surface area is 45.1 Å². The molecule has 1 aromatic heterocycles. The zero-order chi connectivity index (χ0) is 5.98. The van der Waals surface area contributed by atoms with E-state index in [-0.39, 0.29) is 0 Å². The Hall–Kier alpha value is -1.39. The third kappa shape index (κ3) is 0.651. The van der Waals surface area contributed by atoms with Crippen LogP contribution in [0.3, 0.4) is 0 Å². The molecule has 1 amide bonds. The van der Waals surface area contributed by atoms with Gasteiger partial charge in [-0.3, -0.25) is 0 Å². The summed E-state index contributed by atoms with van der Waals surface area (Å²) < 4.78 is 0.944. The molecule has 0 saturated carbocycles. The maximum Gasteiger partial charge on any atom is 0.340 e. The van der Waals surface area contributed by atoms with Crippen LogP contribution in [0, 0.1) is 0 Å². The van der Waals surface area contributed by atoms with Gasteiger partial charge in [0.05, 0.1) is 0 Å². The van der Waals surface area contributed by atoms with E-state index in [4.69, 9.17) is 5.73 Å². The molecule has 0 radical (unpaired) electrons. The van der Waals surface area contributed by atoms with Crippen LogP contribution in [-0.4, -0.2) is 20.8 Å². The second-order valence-electron chi connectivity index (χ2n) is 1.18. The molecule has 42 valence electrons. The highest BCUT2D eigenvalue weighted by atomic mass is 16.2. The number of amides is 1. The Bertz CT molecular complexity index is 179. The van der Waals surface area contributed by atoms with E-state index in [0.717, 1.165) is 4.68 Å². The van der Waals surface area contributed by atoms with Crippen LogP contribution in [0.5, 0.6) is 0 Å². The molecule has 1 heterocycles. The minimum atomic E-state index is -0.623. The molecule has 5 heteroatoms. The van der Waals surface area contributed by atoms with Gasteiger partial charge >= 0.3 is 6.03 Å². The maximum atomic E-state index is 10.1. The van der Waals surface area contributed by atoms with Gasteiger partial charge in [0.2, 0.25) is 0 Å². The highest BCUT2D eigenvalue weighted by Gasteiger charge is 1.93. The smallest absolute Gasteiger partial charge is 0.340 e. The molecule has 0 bridgehead atoms. The lowest BCUT2D eigenvalue weighted by Crippen LogP contribution is -2.19. The Kier molecular flexibility index (Phi) is 0.957. The van der Waals surface area contributed by atoms with Crippen LogP contribution in [0.15, 0.2) is 12.7 Å². The third-order valence-corrected chi connectivity index (χ3v) is 0.645. The lowest BCUT2D eigenvalue weighted by atomic mass is 11.0. The minimum Gasteiger partial charge on any atom is -0.350 e. The number of nitrogens with two attached hydrogens (primary N) is 1. The largest absolute Gasteiger partial charge is 0.350 e. The SMILES string of the molecule is NC(=O)n1cncn1. The van der Waals surface area contributed by atoms with Gasteiger partial charge in [-0.15, -0.1) is 0 Å². The molecule has 0 aromatic carbocycles. The quantitative estimate of drug-likeness (QED) is 0.477. The predicted molar refractivity (Wildman–Crippen MR) is 25.0 cm³/mol. The lowest BCUT2D eigenvalue weighted by molar-refractivity contribution is 0.247. The first kappa shape index (κ1) is 4.76. The van der Waals surface area contributed by atoms with E-state index in [1.54, 1.807) is 0 Å². The molecule has 2 N–H and O–H groups in total. The summed E-state index contributed by atoms with van der Waals surface area (Å²) in [6, 6.07) is -0.623. The van der Waals surface area contributed by atoms with Crippen molar-refractivity contribution in [2.24, 2.45) is 5.73 Å². The summed E-state index contributed by atoms with van der Waals surface area (Å²) in [5, 5.41) is 3.45. The van der Waals surface area contributed by atoms with Crippen LogP contribution in [0.1, 0.15) is 0 Å². The molecule has 1 aromatic rings. The van der Waals surface area contributed by atoms with E-state index >= 15 is 0 Å². The topological polar surface area (TPSA) is 73.8 Å². The standard InChI is InChI=1S/C3H4N4O/c4-3(8)7-2-5-1-6-7/h1-2H,(H2,4,8). The van der Waals surface area contributed by atoms with E-state index in [1.165, 1.54) is 12.7 Å².